The van der Waals surface area contributed by atoms with Gasteiger partial charge in [-0.25, -0.2) is 4.68 Å². The van der Waals surface area contributed by atoms with E-state index in [1.165, 1.54) is 4.68 Å². The van der Waals surface area contributed by atoms with Crippen molar-refractivity contribution in [3.05, 3.63) is 46.4 Å². The molecule has 0 saturated carbocycles. The molecule has 0 radical (unpaired) electrons. The maximum absolute atomic E-state index is 12.9. The van der Waals surface area contributed by atoms with E-state index in [1.807, 2.05) is 37.3 Å². The van der Waals surface area contributed by atoms with E-state index < -0.39 is 17.9 Å². The molecule has 0 aliphatic heterocycles. The van der Waals surface area contributed by atoms with Gasteiger partial charge in [-0.1, -0.05) is 25.1 Å². The Morgan fingerprint density at radius 1 is 1.25 bits per heavy atom. The van der Waals surface area contributed by atoms with Crippen LogP contribution in [-0.4, -0.2) is 50.4 Å². The van der Waals surface area contributed by atoms with E-state index in [4.69, 9.17) is 5.11 Å². The van der Waals surface area contributed by atoms with Crippen molar-refractivity contribution in [2.45, 2.75) is 33.2 Å². The predicted molar refractivity (Wildman–Crippen MR) is 111 cm³/mol. The number of nitrogens with one attached hydrogen (secondary N) is 1. The molecule has 1 amide bonds. The fourth-order valence-electron chi connectivity index (χ4n) is 2.98. The molecule has 28 heavy (non-hydrogen) atoms. The number of anilines is 1. The number of amides is 1. The minimum absolute atomic E-state index is 0. The van der Waals surface area contributed by atoms with Crippen LogP contribution >= 0.6 is 12.4 Å². The van der Waals surface area contributed by atoms with Crippen LogP contribution in [0, 0.1) is 6.92 Å². The van der Waals surface area contributed by atoms with Crippen LogP contribution in [0.1, 0.15) is 26.0 Å². The molecule has 2 aromatic rings. The van der Waals surface area contributed by atoms with Crippen molar-refractivity contribution < 1.29 is 14.7 Å². The number of rotatable bonds is 8. The maximum Gasteiger partial charge on any atom is 0.317 e. The van der Waals surface area contributed by atoms with E-state index in [1.54, 1.807) is 30.5 Å². The Balaban J connectivity index is 0.00000392. The monoisotopic (exact) mass is 410 g/mol. The topological polar surface area (TPSA) is 96.6 Å². The van der Waals surface area contributed by atoms with Crippen molar-refractivity contribution in [2.24, 2.45) is 7.05 Å². The van der Waals surface area contributed by atoms with Crippen molar-refractivity contribution in [3.63, 3.8) is 0 Å². The number of carboxylic acids is 1. The summed E-state index contributed by atoms with van der Waals surface area (Å²) in [5, 5.41) is 11.7. The molecule has 154 valence electrons. The summed E-state index contributed by atoms with van der Waals surface area (Å²) in [6.07, 6.45) is 0.718. The van der Waals surface area contributed by atoms with Gasteiger partial charge in [-0.15, -0.1) is 12.4 Å². The van der Waals surface area contributed by atoms with Crippen molar-refractivity contribution in [2.75, 3.05) is 18.4 Å². The van der Waals surface area contributed by atoms with Crippen LogP contribution in [0.3, 0.4) is 0 Å². The summed E-state index contributed by atoms with van der Waals surface area (Å²) >= 11 is 0. The first-order valence-corrected chi connectivity index (χ1v) is 8.88. The van der Waals surface area contributed by atoms with Gasteiger partial charge in [-0.2, -0.15) is 0 Å². The molecular weight excluding hydrogens is 384 g/mol. The number of aromatic nitrogens is 2. The average molecular weight is 411 g/mol. The molecular formula is C19H27ClN4O4. The van der Waals surface area contributed by atoms with Gasteiger partial charge in [0, 0.05) is 7.05 Å². The fraction of sp³-hybridized carbons (Fsp3) is 0.421. The summed E-state index contributed by atoms with van der Waals surface area (Å²) in [4.78, 5) is 38.2. The van der Waals surface area contributed by atoms with Crippen molar-refractivity contribution in [1.29, 1.82) is 0 Å². The molecule has 1 unspecified atom stereocenters. The van der Waals surface area contributed by atoms with Crippen molar-refractivity contribution >= 4 is 30.0 Å². The summed E-state index contributed by atoms with van der Waals surface area (Å²) in [5.74, 6) is -1.40. The first-order valence-electron chi connectivity index (χ1n) is 8.88. The molecule has 0 spiro atoms. The molecule has 0 bridgehead atoms. The lowest BCUT2D eigenvalue weighted by atomic mass is 10.2. The molecule has 1 heterocycles. The van der Waals surface area contributed by atoms with Gasteiger partial charge in [0.05, 0.1) is 24.0 Å². The first kappa shape index (κ1) is 23.5. The summed E-state index contributed by atoms with van der Waals surface area (Å²) in [7, 11) is 1.75. The van der Waals surface area contributed by atoms with Gasteiger partial charge in [-0.05, 0) is 38.9 Å². The van der Waals surface area contributed by atoms with E-state index in [2.05, 4.69) is 5.32 Å². The lowest BCUT2D eigenvalue weighted by Gasteiger charge is -2.25. The average Bonchev–Trinajstić information content (AvgIpc) is 2.84. The molecule has 8 nitrogen and oxygen atoms in total. The summed E-state index contributed by atoms with van der Waals surface area (Å²) in [6, 6.07) is 8.47. The van der Waals surface area contributed by atoms with Gasteiger partial charge in [-0.3, -0.25) is 24.0 Å². The Morgan fingerprint density at radius 3 is 2.39 bits per heavy atom. The van der Waals surface area contributed by atoms with E-state index in [9.17, 15) is 14.4 Å². The Hall–Kier alpha value is -2.58. The number of carbonyl (C=O) groups is 2. The Bertz CT molecular complexity index is 876. The number of carbonyl (C=O) groups excluding carboxylic acids is 1. The Labute approximate surface area is 170 Å². The van der Waals surface area contributed by atoms with Gasteiger partial charge in [0.1, 0.15) is 5.69 Å². The van der Waals surface area contributed by atoms with Gasteiger partial charge in [0.2, 0.25) is 5.91 Å². The highest BCUT2D eigenvalue weighted by atomic mass is 35.5. The number of carboxylic acid groups (broad SMARTS) is 1. The molecule has 0 saturated heterocycles. The van der Waals surface area contributed by atoms with Crippen LogP contribution in [0.15, 0.2) is 35.1 Å². The second kappa shape index (κ2) is 10.1. The molecule has 1 aromatic carbocycles. The number of halogens is 1. The number of para-hydroxylation sites is 1. The van der Waals surface area contributed by atoms with Crippen molar-refractivity contribution in [1.82, 2.24) is 14.3 Å². The molecule has 2 N–H and O–H groups in total. The second-order valence-corrected chi connectivity index (χ2v) is 6.47. The van der Waals surface area contributed by atoms with Gasteiger partial charge < -0.3 is 10.4 Å². The van der Waals surface area contributed by atoms with Crippen LogP contribution in [0.4, 0.5) is 5.69 Å². The highest BCUT2D eigenvalue weighted by molar-refractivity contribution is 5.95. The predicted octanol–water partition coefficient (Wildman–Crippen LogP) is 2.03. The van der Waals surface area contributed by atoms with Crippen LogP contribution in [0.5, 0.6) is 0 Å². The molecule has 2 rings (SSSR count). The quantitative estimate of drug-likeness (QED) is 0.694. The zero-order valence-electron chi connectivity index (χ0n) is 16.5. The Kier molecular flexibility index (Phi) is 8.46. The SMILES string of the molecule is CCCN(CC(=O)O)C(C)C(=O)Nc1c(C)n(C)n(-c2ccccc2)c1=O.Cl. The fourth-order valence-corrected chi connectivity index (χ4v) is 2.98. The van der Waals surface area contributed by atoms with Crippen molar-refractivity contribution in [3.8, 4) is 5.69 Å². The summed E-state index contributed by atoms with van der Waals surface area (Å²) in [6.45, 7) is 5.55. The number of hydrogen-bond acceptors (Lipinski definition) is 4. The lowest BCUT2D eigenvalue weighted by Crippen LogP contribution is -2.45. The molecule has 1 atom stereocenters. The standard InChI is InChI=1S/C19H26N4O4.ClH/c1-5-11-22(12-16(24)25)14(3)18(26)20-17-13(2)21(4)23(19(17)27)15-9-7-6-8-10-15;/h6-10,14H,5,11-12H2,1-4H3,(H,20,26)(H,24,25);1H. The van der Waals surface area contributed by atoms with Crippen LogP contribution in [0.25, 0.3) is 5.69 Å². The normalized spacial score (nSPS) is 11.8. The maximum atomic E-state index is 12.9. The van der Waals surface area contributed by atoms with E-state index in [-0.39, 0.29) is 30.2 Å². The highest BCUT2D eigenvalue weighted by Crippen LogP contribution is 2.15. The highest BCUT2D eigenvalue weighted by Gasteiger charge is 2.25. The molecule has 0 aliphatic carbocycles. The van der Waals surface area contributed by atoms with Gasteiger partial charge in [0.25, 0.3) is 5.56 Å². The first-order chi connectivity index (χ1) is 12.8. The second-order valence-electron chi connectivity index (χ2n) is 6.47. The van der Waals surface area contributed by atoms with Gasteiger partial charge >= 0.3 is 5.97 Å². The van der Waals surface area contributed by atoms with E-state index in [0.29, 0.717) is 17.9 Å². The van der Waals surface area contributed by atoms with Gasteiger partial charge in [0.15, 0.2) is 0 Å². The zero-order valence-corrected chi connectivity index (χ0v) is 17.3. The third-order valence-corrected chi connectivity index (χ3v) is 4.58. The lowest BCUT2D eigenvalue weighted by molar-refractivity contribution is -0.139. The zero-order chi connectivity index (χ0) is 20.1. The molecule has 0 aliphatic rings. The minimum atomic E-state index is -0.995. The summed E-state index contributed by atoms with van der Waals surface area (Å²) < 4.78 is 3.16. The largest absolute Gasteiger partial charge is 0.480 e. The van der Waals surface area contributed by atoms with Crippen LogP contribution in [-0.2, 0) is 16.6 Å². The van der Waals surface area contributed by atoms with E-state index in [0.717, 1.165) is 6.42 Å². The number of benzene rings is 1. The smallest absolute Gasteiger partial charge is 0.317 e. The third kappa shape index (κ3) is 5.02. The van der Waals surface area contributed by atoms with Crippen LogP contribution in [0.2, 0.25) is 0 Å². The van der Waals surface area contributed by atoms with E-state index >= 15 is 0 Å². The third-order valence-electron chi connectivity index (χ3n) is 4.58. The minimum Gasteiger partial charge on any atom is -0.480 e. The summed E-state index contributed by atoms with van der Waals surface area (Å²) in [5.41, 5.74) is 1.18. The van der Waals surface area contributed by atoms with Crippen LogP contribution < -0.4 is 10.9 Å². The number of nitrogens with zero attached hydrogens (tertiary/aromatic N) is 3. The molecule has 9 heteroatoms. The Morgan fingerprint density at radius 2 is 1.86 bits per heavy atom. The molecule has 0 fully saturated rings. The number of aliphatic carboxylic acids is 1. The molecule has 1 aromatic heterocycles. The number of hydrogen-bond donors (Lipinski definition) is 2.